The number of fused-ring (bicyclic) bond motifs is 1. The minimum absolute atomic E-state index is 0.00990. The van der Waals surface area contributed by atoms with E-state index >= 15 is 0 Å². The predicted molar refractivity (Wildman–Crippen MR) is 116 cm³/mol. The average Bonchev–Trinajstić information content (AvgIpc) is 2.77. The first-order valence-electron chi connectivity index (χ1n) is 9.97. The smallest absolute Gasteiger partial charge is 0.344 e. The monoisotopic (exact) mass is 486 g/mol. The van der Waals surface area contributed by atoms with Crippen LogP contribution in [-0.4, -0.2) is 11.9 Å². The molecule has 0 fully saturated rings. The Morgan fingerprint density at radius 2 is 1.37 bits per heavy atom. The normalized spacial score (nSPS) is 10.9. The second-order valence-electron chi connectivity index (χ2n) is 7.38. The first-order chi connectivity index (χ1) is 16.5. The molecule has 0 N–H and O–H groups in total. The van der Waals surface area contributed by atoms with Crippen LogP contribution in [0.4, 0.5) is 17.6 Å². The third-order valence-electron chi connectivity index (χ3n) is 4.89. The maximum Gasteiger partial charge on any atom is 0.344 e. The Labute approximate surface area is 194 Å². The standard InChI is InChI=1S/C25H14F4O6/c1-11(30)33-15-4-5-16-21(10-15)35-25(32)23(14-8-18(27)24(29)19(28)9-14)22(16)13-3-6-20(17(26)7-13)34-12(2)31/h3-10H,1-2H3. The molecule has 0 aliphatic heterocycles. The molecule has 1 aromatic heterocycles. The van der Waals surface area contributed by atoms with E-state index in [4.69, 9.17) is 13.9 Å². The summed E-state index contributed by atoms with van der Waals surface area (Å²) in [7, 11) is 0. The summed E-state index contributed by atoms with van der Waals surface area (Å²) in [5.74, 6) is -7.53. The highest BCUT2D eigenvalue weighted by Gasteiger charge is 2.23. The van der Waals surface area contributed by atoms with Crippen molar-refractivity contribution in [3.63, 3.8) is 0 Å². The molecular weight excluding hydrogens is 472 g/mol. The Morgan fingerprint density at radius 1 is 0.743 bits per heavy atom. The SMILES string of the molecule is CC(=O)Oc1ccc2c(-c3ccc(OC(C)=O)c(F)c3)c(-c3cc(F)c(F)c(F)c3)c(=O)oc2c1. The van der Waals surface area contributed by atoms with Crippen molar-refractivity contribution in [2.45, 2.75) is 13.8 Å². The van der Waals surface area contributed by atoms with Gasteiger partial charge in [-0.3, -0.25) is 9.59 Å². The Morgan fingerprint density at radius 3 is 1.97 bits per heavy atom. The lowest BCUT2D eigenvalue weighted by molar-refractivity contribution is -0.132. The molecule has 0 radical (unpaired) electrons. The second kappa shape index (κ2) is 9.05. The quantitative estimate of drug-likeness (QED) is 0.124. The van der Waals surface area contributed by atoms with E-state index in [1.165, 1.54) is 31.2 Å². The van der Waals surface area contributed by atoms with E-state index in [2.05, 4.69) is 0 Å². The number of benzene rings is 3. The molecule has 10 heteroatoms. The van der Waals surface area contributed by atoms with Gasteiger partial charge in [0.1, 0.15) is 11.3 Å². The summed E-state index contributed by atoms with van der Waals surface area (Å²) in [5.41, 5.74) is -1.86. The fraction of sp³-hybridized carbons (Fsp3) is 0.0800. The largest absolute Gasteiger partial charge is 0.427 e. The number of ether oxygens (including phenoxy) is 2. The van der Waals surface area contributed by atoms with Gasteiger partial charge in [-0.25, -0.2) is 22.4 Å². The summed E-state index contributed by atoms with van der Waals surface area (Å²) in [6, 6.07) is 8.61. The van der Waals surface area contributed by atoms with Gasteiger partial charge in [0.15, 0.2) is 29.0 Å². The fourth-order valence-corrected chi connectivity index (χ4v) is 3.57. The van der Waals surface area contributed by atoms with Crippen molar-refractivity contribution < 1.29 is 41.0 Å². The van der Waals surface area contributed by atoms with Gasteiger partial charge >= 0.3 is 17.6 Å². The lowest BCUT2D eigenvalue weighted by Gasteiger charge is -2.14. The van der Waals surface area contributed by atoms with Crippen LogP contribution in [0.15, 0.2) is 57.7 Å². The molecule has 0 aliphatic rings. The van der Waals surface area contributed by atoms with Crippen LogP contribution in [0.25, 0.3) is 33.2 Å². The topological polar surface area (TPSA) is 82.8 Å². The van der Waals surface area contributed by atoms with E-state index in [-0.39, 0.29) is 44.7 Å². The Bertz CT molecular complexity index is 1550. The summed E-state index contributed by atoms with van der Waals surface area (Å²) in [6.45, 7) is 2.25. The van der Waals surface area contributed by atoms with Gasteiger partial charge in [0.05, 0.1) is 5.56 Å². The van der Waals surface area contributed by atoms with Gasteiger partial charge in [-0.15, -0.1) is 0 Å². The summed E-state index contributed by atoms with van der Waals surface area (Å²) in [4.78, 5) is 35.5. The summed E-state index contributed by atoms with van der Waals surface area (Å²) >= 11 is 0. The van der Waals surface area contributed by atoms with Gasteiger partial charge in [-0.2, -0.15) is 0 Å². The van der Waals surface area contributed by atoms with Crippen molar-refractivity contribution >= 4 is 22.9 Å². The van der Waals surface area contributed by atoms with Crippen molar-refractivity contribution in [3.05, 3.63) is 82.2 Å². The number of rotatable bonds is 4. The van der Waals surface area contributed by atoms with Crippen molar-refractivity contribution in [2.24, 2.45) is 0 Å². The predicted octanol–water partition coefficient (Wildman–Crippen LogP) is 5.53. The zero-order chi connectivity index (χ0) is 25.4. The van der Waals surface area contributed by atoms with E-state index in [1.807, 2.05) is 0 Å². The highest BCUT2D eigenvalue weighted by molar-refractivity contribution is 6.01. The third-order valence-corrected chi connectivity index (χ3v) is 4.89. The van der Waals surface area contributed by atoms with Gasteiger partial charge in [0.2, 0.25) is 0 Å². The number of carbonyl (C=O) groups excluding carboxylic acids is 2. The summed E-state index contributed by atoms with van der Waals surface area (Å²) < 4.78 is 71.4. The second-order valence-corrected chi connectivity index (χ2v) is 7.38. The van der Waals surface area contributed by atoms with Crippen molar-refractivity contribution in [2.75, 3.05) is 0 Å². The van der Waals surface area contributed by atoms with Gasteiger partial charge in [0, 0.05) is 30.9 Å². The van der Waals surface area contributed by atoms with Crippen LogP contribution < -0.4 is 15.1 Å². The minimum atomic E-state index is -1.73. The Kier molecular flexibility index (Phi) is 6.12. The molecule has 0 unspecified atom stereocenters. The molecule has 3 aromatic carbocycles. The summed E-state index contributed by atoms with van der Waals surface area (Å²) in [6.07, 6.45) is 0. The Balaban J connectivity index is 2.06. The molecular formula is C25H14F4O6. The lowest BCUT2D eigenvalue weighted by Crippen LogP contribution is -2.08. The summed E-state index contributed by atoms with van der Waals surface area (Å²) in [5, 5.41) is 0.181. The molecule has 1 heterocycles. The molecule has 35 heavy (non-hydrogen) atoms. The van der Waals surface area contributed by atoms with Crippen molar-refractivity contribution in [3.8, 4) is 33.8 Å². The van der Waals surface area contributed by atoms with Crippen LogP contribution in [0.3, 0.4) is 0 Å². The van der Waals surface area contributed by atoms with Gasteiger partial charge in [0.25, 0.3) is 0 Å². The number of hydrogen-bond acceptors (Lipinski definition) is 6. The average molecular weight is 486 g/mol. The molecule has 0 spiro atoms. The number of esters is 2. The molecule has 0 atom stereocenters. The van der Waals surface area contributed by atoms with Gasteiger partial charge in [-0.1, -0.05) is 6.07 Å². The van der Waals surface area contributed by atoms with Gasteiger partial charge < -0.3 is 13.9 Å². The van der Waals surface area contributed by atoms with E-state index < -0.39 is 40.8 Å². The fourth-order valence-electron chi connectivity index (χ4n) is 3.57. The number of halogens is 4. The van der Waals surface area contributed by atoms with Crippen LogP contribution in [-0.2, 0) is 9.59 Å². The van der Waals surface area contributed by atoms with Crippen LogP contribution in [0.2, 0.25) is 0 Å². The molecule has 4 aromatic rings. The molecule has 0 saturated carbocycles. The third kappa shape index (κ3) is 4.63. The maximum absolute atomic E-state index is 14.7. The zero-order valence-corrected chi connectivity index (χ0v) is 18.1. The van der Waals surface area contributed by atoms with E-state index in [0.717, 1.165) is 19.1 Å². The van der Waals surface area contributed by atoms with Crippen LogP contribution in [0.5, 0.6) is 11.5 Å². The zero-order valence-electron chi connectivity index (χ0n) is 18.1. The minimum Gasteiger partial charge on any atom is -0.427 e. The van der Waals surface area contributed by atoms with E-state index in [9.17, 15) is 31.9 Å². The highest BCUT2D eigenvalue weighted by Crippen LogP contribution is 2.39. The molecule has 0 saturated heterocycles. The van der Waals surface area contributed by atoms with Gasteiger partial charge in [-0.05, 0) is 47.5 Å². The molecule has 0 bridgehead atoms. The maximum atomic E-state index is 14.7. The first kappa shape index (κ1) is 23.7. The molecule has 6 nitrogen and oxygen atoms in total. The first-order valence-corrected chi connectivity index (χ1v) is 9.97. The molecule has 4 rings (SSSR count). The van der Waals surface area contributed by atoms with Crippen molar-refractivity contribution in [1.29, 1.82) is 0 Å². The van der Waals surface area contributed by atoms with E-state index in [0.29, 0.717) is 12.1 Å². The van der Waals surface area contributed by atoms with Crippen LogP contribution in [0, 0.1) is 23.3 Å². The van der Waals surface area contributed by atoms with Crippen LogP contribution >= 0.6 is 0 Å². The Hall–Kier alpha value is -4.47. The van der Waals surface area contributed by atoms with Crippen molar-refractivity contribution in [1.82, 2.24) is 0 Å². The lowest BCUT2D eigenvalue weighted by atomic mass is 9.92. The highest BCUT2D eigenvalue weighted by atomic mass is 19.2. The number of carbonyl (C=O) groups is 2. The molecule has 0 aliphatic carbocycles. The molecule has 0 amide bonds. The molecule has 178 valence electrons. The number of hydrogen-bond donors (Lipinski definition) is 0. The van der Waals surface area contributed by atoms with E-state index in [1.54, 1.807) is 0 Å². The van der Waals surface area contributed by atoms with Crippen LogP contribution in [0.1, 0.15) is 13.8 Å².